The number of pyridine rings is 1. The summed E-state index contributed by atoms with van der Waals surface area (Å²) in [6, 6.07) is 7.29. The number of amides is 1. The molecule has 5 nitrogen and oxygen atoms in total. The van der Waals surface area contributed by atoms with Crippen LogP contribution in [0, 0.1) is 5.92 Å². The zero-order chi connectivity index (χ0) is 19.0. The van der Waals surface area contributed by atoms with Crippen molar-refractivity contribution in [3.63, 3.8) is 0 Å². The van der Waals surface area contributed by atoms with E-state index in [2.05, 4.69) is 15.5 Å². The van der Waals surface area contributed by atoms with Crippen LogP contribution in [0.3, 0.4) is 0 Å². The highest BCUT2D eigenvalue weighted by molar-refractivity contribution is 6.42. The van der Waals surface area contributed by atoms with Gasteiger partial charge in [0.1, 0.15) is 5.82 Å². The molecule has 0 bridgehead atoms. The number of nitrogens with zero attached hydrogens (tertiary/aromatic N) is 2. The van der Waals surface area contributed by atoms with Crippen molar-refractivity contribution in [3.05, 3.63) is 57.2 Å². The van der Waals surface area contributed by atoms with Crippen molar-refractivity contribution in [2.24, 2.45) is 11.1 Å². The Morgan fingerprint density at radius 3 is 2.93 bits per heavy atom. The molecule has 1 saturated carbocycles. The van der Waals surface area contributed by atoms with Gasteiger partial charge in [0.2, 0.25) is 5.91 Å². The summed E-state index contributed by atoms with van der Waals surface area (Å²) in [6.45, 7) is 0. The maximum Gasteiger partial charge on any atom is 0.233 e. The quantitative estimate of drug-likeness (QED) is 0.462. The van der Waals surface area contributed by atoms with Crippen LogP contribution >= 0.6 is 23.2 Å². The number of anilines is 1. The first-order valence-electron chi connectivity index (χ1n) is 8.97. The first kappa shape index (κ1) is 18.3. The summed E-state index contributed by atoms with van der Waals surface area (Å²) in [7, 11) is 0. The SMILES string of the molecule is O=C(Nc1nccc2c1C2)[C@@H](CC1CC/C(=N/O)C1)c1ccc(Cl)c(Cl)c1. The number of nitrogens with one attached hydrogen (secondary N) is 1. The lowest BCUT2D eigenvalue weighted by Crippen LogP contribution is -2.24. The fraction of sp³-hybridized carbons (Fsp3) is 0.350. The molecule has 1 aromatic heterocycles. The van der Waals surface area contributed by atoms with Crippen LogP contribution < -0.4 is 5.32 Å². The lowest BCUT2D eigenvalue weighted by molar-refractivity contribution is -0.118. The molecule has 2 aliphatic rings. The van der Waals surface area contributed by atoms with Crippen LogP contribution in [0.4, 0.5) is 5.82 Å². The van der Waals surface area contributed by atoms with Gasteiger partial charge in [0.05, 0.1) is 21.7 Å². The highest BCUT2D eigenvalue weighted by Crippen LogP contribution is 2.37. The number of carbonyl (C=O) groups excluding carboxylic acids is 1. The van der Waals surface area contributed by atoms with Gasteiger partial charge in [-0.25, -0.2) is 4.98 Å². The van der Waals surface area contributed by atoms with E-state index in [4.69, 9.17) is 28.4 Å². The van der Waals surface area contributed by atoms with Crippen LogP contribution in [-0.2, 0) is 11.2 Å². The van der Waals surface area contributed by atoms with E-state index in [1.165, 1.54) is 5.56 Å². The fourth-order valence-corrected chi connectivity index (χ4v) is 4.10. The second kappa shape index (κ2) is 7.49. The summed E-state index contributed by atoms with van der Waals surface area (Å²) in [4.78, 5) is 17.4. The molecule has 27 heavy (non-hydrogen) atoms. The van der Waals surface area contributed by atoms with E-state index >= 15 is 0 Å². The maximum atomic E-state index is 13.1. The Morgan fingerprint density at radius 1 is 1.33 bits per heavy atom. The highest BCUT2D eigenvalue weighted by Gasteiger charge is 2.31. The van der Waals surface area contributed by atoms with Crippen LogP contribution in [0.1, 0.15) is 48.3 Å². The van der Waals surface area contributed by atoms with Gasteiger partial charge in [-0.1, -0.05) is 34.4 Å². The van der Waals surface area contributed by atoms with Crippen molar-refractivity contribution in [3.8, 4) is 0 Å². The number of rotatable bonds is 5. The zero-order valence-corrected chi connectivity index (χ0v) is 16.1. The molecule has 7 heteroatoms. The maximum absolute atomic E-state index is 13.1. The minimum atomic E-state index is -0.376. The molecule has 2 aliphatic carbocycles. The minimum absolute atomic E-state index is 0.101. The minimum Gasteiger partial charge on any atom is -0.411 e. The smallest absolute Gasteiger partial charge is 0.233 e. The average Bonchev–Trinajstić information content (AvgIpc) is 3.32. The molecule has 0 saturated heterocycles. The van der Waals surface area contributed by atoms with Gasteiger partial charge in [-0.2, -0.15) is 0 Å². The van der Waals surface area contributed by atoms with E-state index < -0.39 is 0 Å². The molecular weight excluding hydrogens is 385 g/mol. The number of benzene rings is 1. The lowest BCUT2D eigenvalue weighted by atomic mass is 9.87. The highest BCUT2D eigenvalue weighted by atomic mass is 35.5. The molecule has 2 N–H and O–H groups in total. The first-order valence-corrected chi connectivity index (χ1v) is 9.73. The second-order valence-electron chi connectivity index (χ2n) is 7.20. The van der Waals surface area contributed by atoms with Gasteiger partial charge in [0.15, 0.2) is 0 Å². The molecule has 0 radical (unpaired) electrons. The zero-order valence-electron chi connectivity index (χ0n) is 14.6. The Hall–Kier alpha value is -2.11. The van der Waals surface area contributed by atoms with Gasteiger partial charge in [-0.3, -0.25) is 4.79 Å². The monoisotopic (exact) mass is 403 g/mol. The molecule has 1 fully saturated rings. The summed E-state index contributed by atoms with van der Waals surface area (Å²) in [5, 5.41) is 16.2. The summed E-state index contributed by atoms with van der Waals surface area (Å²) in [5.74, 6) is 0.450. The summed E-state index contributed by atoms with van der Waals surface area (Å²) < 4.78 is 0. The van der Waals surface area contributed by atoms with Crippen LogP contribution in [0.2, 0.25) is 10.0 Å². The number of aromatic nitrogens is 1. The number of hydrogen-bond acceptors (Lipinski definition) is 4. The molecule has 0 aliphatic heterocycles. The van der Waals surface area contributed by atoms with Crippen molar-refractivity contribution in [1.82, 2.24) is 4.98 Å². The largest absolute Gasteiger partial charge is 0.411 e. The normalized spacial score (nSPS) is 20.4. The Morgan fingerprint density at radius 2 is 2.19 bits per heavy atom. The Bertz CT molecular complexity index is 929. The number of hydrogen-bond donors (Lipinski definition) is 2. The van der Waals surface area contributed by atoms with Crippen LogP contribution in [0.5, 0.6) is 0 Å². The standard InChI is InChI=1S/C20H19Cl2N3O2/c21-17-4-2-12(10-18(17)22)16(8-11-1-3-14(7-11)25-27)20(26)24-19-15-9-13(15)5-6-23-19/h2,4-6,10-11,16,27H,1,3,7-9H2,(H,23,24,26)/b25-14-/t11?,16-/m0/s1. The molecule has 2 aromatic rings. The third-order valence-electron chi connectivity index (χ3n) is 5.38. The molecule has 4 rings (SSSR count). The summed E-state index contributed by atoms with van der Waals surface area (Å²) >= 11 is 12.2. The van der Waals surface area contributed by atoms with Gasteiger partial charge >= 0.3 is 0 Å². The Kier molecular flexibility index (Phi) is 5.06. The van der Waals surface area contributed by atoms with Gasteiger partial charge in [0.25, 0.3) is 0 Å². The van der Waals surface area contributed by atoms with Crippen molar-refractivity contribution in [2.45, 2.75) is 38.0 Å². The number of halogens is 2. The van der Waals surface area contributed by atoms with Gasteiger partial charge in [0, 0.05) is 18.2 Å². The van der Waals surface area contributed by atoms with E-state index in [0.29, 0.717) is 28.7 Å². The van der Waals surface area contributed by atoms with Crippen LogP contribution in [-0.4, -0.2) is 21.8 Å². The lowest BCUT2D eigenvalue weighted by Gasteiger charge is -2.20. The predicted octanol–water partition coefficient (Wildman–Crippen LogP) is 5.04. The van der Waals surface area contributed by atoms with Crippen molar-refractivity contribution in [1.29, 1.82) is 0 Å². The van der Waals surface area contributed by atoms with E-state index in [1.807, 2.05) is 12.1 Å². The Balaban J connectivity index is 1.58. The second-order valence-corrected chi connectivity index (χ2v) is 8.01. The molecule has 1 heterocycles. The molecular formula is C20H19Cl2N3O2. The third-order valence-corrected chi connectivity index (χ3v) is 6.11. The fourth-order valence-electron chi connectivity index (χ4n) is 3.79. The van der Waals surface area contributed by atoms with Gasteiger partial charge in [-0.05, 0) is 60.9 Å². The number of fused-ring (bicyclic) bond motifs is 1. The number of carbonyl (C=O) groups is 1. The third kappa shape index (κ3) is 3.94. The van der Waals surface area contributed by atoms with Gasteiger partial charge < -0.3 is 10.5 Å². The summed E-state index contributed by atoms with van der Waals surface area (Å²) in [5.41, 5.74) is 3.95. The van der Waals surface area contributed by atoms with Crippen molar-refractivity contribution in [2.75, 3.05) is 5.32 Å². The van der Waals surface area contributed by atoms with E-state index in [1.54, 1.807) is 18.3 Å². The molecule has 2 atom stereocenters. The van der Waals surface area contributed by atoms with Crippen LogP contribution in [0.25, 0.3) is 0 Å². The topological polar surface area (TPSA) is 74.6 Å². The van der Waals surface area contributed by atoms with Gasteiger partial charge in [-0.15, -0.1) is 0 Å². The van der Waals surface area contributed by atoms with E-state index in [0.717, 1.165) is 36.1 Å². The Labute approximate surface area is 167 Å². The predicted molar refractivity (Wildman–Crippen MR) is 106 cm³/mol. The van der Waals surface area contributed by atoms with Crippen molar-refractivity contribution < 1.29 is 10.0 Å². The number of oxime groups is 1. The molecule has 140 valence electrons. The average molecular weight is 404 g/mol. The van der Waals surface area contributed by atoms with Crippen LogP contribution in [0.15, 0.2) is 35.6 Å². The molecule has 1 amide bonds. The molecule has 0 spiro atoms. The van der Waals surface area contributed by atoms with E-state index in [9.17, 15) is 4.79 Å². The molecule has 1 aromatic carbocycles. The summed E-state index contributed by atoms with van der Waals surface area (Å²) in [6.07, 6.45) is 5.63. The first-order chi connectivity index (χ1) is 13.0. The van der Waals surface area contributed by atoms with E-state index in [-0.39, 0.29) is 17.7 Å². The van der Waals surface area contributed by atoms with Crippen molar-refractivity contribution >= 4 is 40.6 Å². The molecule has 1 unspecified atom stereocenters.